The van der Waals surface area contributed by atoms with Gasteiger partial charge in [-0.1, -0.05) is 24.6 Å². The third-order valence-corrected chi connectivity index (χ3v) is 3.75. The number of hydrogen-bond donors (Lipinski definition) is 3. The smallest absolute Gasteiger partial charge is 0.303 e. The molecule has 0 aliphatic carbocycles. The van der Waals surface area contributed by atoms with Gasteiger partial charge < -0.3 is 16.2 Å². The largest absolute Gasteiger partial charge is 0.481 e. The van der Waals surface area contributed by atoms with Crippen molar-refractivity contribution >= 4 is 29.2 Å². The summed E-state index contributed by atoms with van der Waals surface area (Å²) in [6, 6.07) is 3.21. The molecule has 6 heteroatoms. The SMILES string of the molecule is CC(CC(=O)O)CC(N)c1cc2c(cc1Cl)NC(=O)C2. The molecule has 1 aliphatic heterocycles. The van der Waals surface area contributed by atoms with Crippen LogP contribution in [0.5, 0.6) is 0 Å². The van der Waals surface area contributed by atoms with Gasteiger partial charge in [-0.05, 0) is 29.5 Å². The van der Waals surface area contributed by atoms with Crippen LogP contribution in [0.15, 0.2) is 12.1 Å². The molecule has 20 heavy (non-hydrogen) atoms. The van der Waals surface area contributed by atoms with Crippen LogP contribution in [-0.2, 0) is 16.0 Å². The Hall–Kier alpha value is -1.59. The van der Waals surface area contributed by atoms with Gasteiger partial charge in [0, 0.05) is 23.2 Å². The molecule has 1 aromatic rings. The molecule has 0 spiro atoms. The van der Waals surface area contributed by atoms with E-state index in [1.807, 2.05) is 13.0 Å². The number of amides is 1. The predicted octanol–water partition coefficient (Wildman–Crippen LogP) is 2.34. The summed E-state index contributed by atoms with van der Waals surface area (Å²) in [6.45, 7) is 1.85. The Kier molecular flexibility index (Phi) is 4.30. The van der Waals surface area contributed by atoms with Crippen molar-refractivity contribution in [3.63, 3.8) is 0 Å². The molecule has 4 N–H and O–H groups in total. The minimum absolute atomic E-state index is 0.0356. The topological polar surface area (TPSA) is 92.4 Å². The number of hydrogen-bond acceptors (Lipinski definition) is 3. The van der Waals surface area contributed by atoms with E-state index in [4.69, 9.17) is 22.4 Å². The highest BCUT2D eigenvalue weighted by Gasteiger charge is 2.22. The van der Waals surface area contributed by atoms with E-state index in [1.165, 1.54) is 0 Å². The molecule has 0 aromatic heterocycles. The van der Waals surface area contributed by atoms with Gasteiger partial charge in [0.2, 0.25) is 5.91 Å². The van der Waals surface area contributed by atoms with Crippen LogP contribution in [-0.4, -0.2) is 17.0 Å². The van der Waals surface area contributed by atoms with Gasteiger partial charge in [0.1, 0.15) is 0 Å². The normalized spacial score (nSPS) is 16.4. The van der Waals surface area contributed by atoms with Crippen LogP contribution in [0.25, 0.3) is 0 Å². The predicted molar refractivity (Wildman–Crippen MR) is 76.7 cm³/mol. The molecule has 5 nitrogen and oxygen atoms in total. The summed E-state index contributed by atoms with van der Waals surface area (Å²) >= 11 is 6.19. The molecule has 1 amide bonds. The fourth-order valence-electron chi connectivity index (χ4n) is 2.49. The molecule has 108 valence electrons. The molecule has 2 atom stereocenters. The number of anilines is 1. The number of rotatable bonds is 5. The fraction of sp³-hybridized carbons (Fsp3) is 0.429. The van der Waals surface area contributed by atoms with Crippen LogP contribution in [0.2, 0.25) is 5.02 Å². The summed E-state index contributed by atoms with van der Waals surface area (Å²) < 4.78 is 0. The quantitative estimate of drug-likeness (QED) is 0.777. The second-order valence-electron chi connectivity index (χ2n) is 5.30. The third kappa shape index (κ3) is 3.29. The van der Waals surface area contributed by atoms with Gasteiger partial charge in [0.05, 0.1) is 6.42 Å². The number of benzene rings is 1. The summed E-state index contributed by atoms with van der Waals surface area (Å²) in [7, 11) is 0. The Balaban J connectivity index is 2.14. The van der Waals surface area contributed by atoms with Crippen LogP contribution >= 0.6 is 11.6 Å². The van der Waals surface area contributed by atoms with Gasteiger partial charge in [0.15, 0.2) is 0 Å². The highest BCUT2D eigenvalue weighted by molar-refractivity contribution is 6.32. The number of fused-ring (bicyclic) bond motifs is 1. The number of nitrogens with two attached hydrogens (primary N) is 1. The zero-order valence-corrected chi connectivity index (χ0v) is 11.9. The summed E-state index contributed by atoms with van der Waals surface area (Å²) in [5.74, 6) is -0.924. The Labute approximate surface area is 122 Å². The lowest BCUT2D eigenvalue weighted by Crippen LogP contribution is -2.16. The molecule has 2 unspecified atom stereocenters. The zero-order valence-electron chi connectivity index (χ0n) is 11.1. The van der Waals surface area contributed by atoms with E-state index in [1.54, 1.807) is 6.07 Å². The summed E-state index contributed by atoms with van der Waals surface area (Å²) in [5, 5.41) is 12.0. The van der Waals surface area contributed by atoms with Crippen molar-refractivity contribution in [1.29, 1.82) is 0 Å². The van der Waals surface area contributed by atoms with Crippen molar-refractivity contribution in [2.45, 2.75) is 32.2 Å². The summed E-state index contributed by atoms with van der Waals surface area (Å²) in [4.78, 5) is 22.0. The second kappa shape index (κ2) is 5.81. The Morgan fingerprint density at radius 1 is 1.55 bits per heavy atom. The Morgan fingerprint density at radius 2 is 2.25 bits per heavy atom. The van der Waals surface area contributed by atoms with Gasteiger partial charge in [-0.25, -0.2) is 0 Å². The van der Waals surface area contributed by atoms with Gasteiger partial charge in [-0.15, -0.1) is 0 Å². The van der Waals surface area contributed by atoms with E-state index in [0.717, 1.165) is 16.8 Å². The molecule has 1 aliphatic rings. The molecule has 1 aromatic carbocycles. The molecular weight excluding hydrogens is 280 g/mol. The number of carboxylic acids is 1. The number of carboxylic acid groups (broad SMARTS) is 1. The van der Waals surface area contributed by atoms with Crippen LogP contribution in [0, 0.1) is 5.92 Å². The van der Waals surface area contributed by atoms with Crippen molar-refractivity contribution in [1.82, 2.24) is 0 Å². The van der Waals surface area contributed by atoms with Crippen molar-refractivity contribution in [3.05, 3.63) is 28.3 Å². The molecule has 0 saturated heterocycles. The van der Waals surface area contributed by atoms with Crippen molar-refractivity contribution < 1.29 is 14.7 Å². The lowest BCUT2D eigenvalue weighted by molar-refractivity contribution is -0.138. The molecule has 0 bridgehead atoms. The molecule has 0 saturated carbocycles. The molecular formula is C14H17ClN2O3. The van der Waals surface area contributed by atoms with Crippen LogP contribution in [0.1, 0.15) is 36.9 Å². The van der Waals surface area contributed by atoms with E-state index < -0.39 is 5.97 Å². The number of carbonyl (C=O) groups is 2. The average molecular weight is 297 g/mol. The van der Waals surface area contributed by atoms with E-state index in [9.17, 15) is 9.59 Å². The van der Waals surface area contributed by atoms with E-state index in [-0.39, 0.29) is 24.3 Å². The summed E-state index contributed by atoms with van der Waals surface area (Å²) in [6.07, 6.45) is 0.944. The lowest BCUT2D eigenvalue weighted by Gasteiger charge is -2.18. The number of aliphatic carboxylic acids is 1. The first-order valence-corrected chi connectivity index (χ1v) is 6.84. The van der Waals surface area contributed by atoms with E-state index in [2.05, 4.69) is 5.32 Å². The minimum atomic E-state index is -0.834. The maximum absolute atomic E-state index is 11.3. The van der Waals surface area contributed by atoms with Crippen molar-refractivity contribution in [2.24, 2.45) is 11.7 Å². The monoisotopic (exact) mass is 296 g/mol. The van der Waals surface area contributed by atoms with Gasteiger partial charge in [-0.2, -0.15) is 0 Å². The first kappa shape index (κ1) is 14.8. The second-order valence-corrected chi connectivity index (χ2v) is 5.71. The highest BCUT2D eigenvalue weighted by Crippen LogP contribution is 2.34. The highest BCUT2D eigenvalue weighted by atomic mass is 35.5. The van der Waals surface area contributed by atoms with Crippen LogP contribution in [0.4, 0.5) is 5.69 Å². The van der Waals surface area contributed by atoms with Crippen molar-refractivity contribution in [3.8, 4) is 0 Å². The Morgan fingerprint density at radius 3 is 2.90 bits per heavy atom. The number of nitrogens with one attached hydrogen (secondary N) is 1. The lowest BCUT2D eigenvalue weighted by atomic mass is 9.93. The third-order valence-electron chi connectivity index (χ3n) is 3.43. The zero-order chi connectivity index (χ0) is 14.9. The maximum Gasteiger partial charge on any atom is 0.303 e. The number of carbonyl (C=O) groups excluding carboxylic acids is 1. The molecule has 1 heterocycles. The molecule has 0 radical (unpaired) electrons. The minimum Gasteiger partial charge on any atom is -0.481 e. The first-order chi connectivity index (χ1) is 9.36. The van der Waals surface area contributed by atoms with Crippen LogP contribution < -0.4 is 11.1 Å². The van der Waals surface area contributed by atoms with Gasteiger partial charge in [-0.3, -0.25) is 9.59 Å². The van der Waals surface area contributed by atoms with Crippen molar-refractivity contribution in [2.75, 3.05) is 5.32 Å². The first-order valence-electron chi connectivity index (χ1n) is 6.46. The average Bonchev–Trinajstić information content (AvgIpc) is 2.65. The van der Waals surface area contributed by atoms with Gasteiger partial charge in [0.25, 0.3) is 0 Å². The van der Waals surface area contributed by atoms with E-state index in [0.29, 0.717) is 17.9 Å². The number of halogens is 1. The van der Waals surface area contributed by atoms with E-state index >= 15 is 0 Å². The fourth-order valence-corrected chi connectivity index (χ4v) is 2.80. The van der Waals surface area contributed by atoms with Crippen LogP contribution in [0.3, 0.4) is 0 Å². The maximum atomic E-state index is 11.3. The molecule has 2 rings (SSSR count). The summed E-state index contributed by atoms with van der Waals surface area (Å²) in [5.41, 5.74) is 8.50. The molecule has 0 fully saturated rings. The standard InChI is InChI=1S/C14H17ClN2O3/c1-7(3-14(19)20)2-11(16)9-4-8-5-13(18)17-12(8)6-10(9)15/h4,6-7,11H,2-3,5,16H2,1H3,(H,17,18)(H,19,20). The Bertz CT molecular complexity index is 560. The van der Waals surface area contributed by atoms with Gasteiger partial charge >= 0.3 is 5.97 Å².